The summed E-state index contributed by atoms with van der Waals surface area (Å²) >= 11 is 7.51. The maximum atomic E-state index is 12.8. The number of hydrogen-bond donors (Lipinski definition) is 1. The molecule has 0 aliphatic carbocycles. The molecule has 0 bridgehead atoms. The summed E-state index contributed by atoms with van der Waals surface area (Å²) < 4.78 is 5.82. The van der Waals surface area contributed by atoms with Gasteiger partial charge in [0.2, 0.25) is 5.13 Å². The highest BCUT2D eigenvalue weighted by molar-refractivity contribution is 7.14. The summed E-state index contributed by atoms with van der Waals surface area (Å²) in [5, 5.41) is 13.9. The molecule has 6 rings (SSSR count). The molecule has 1 aromatic heterocycles. The van der Waals surface area contributed by atoms with Crippen molar-refractivity contribution < 1.29 is 9.53 Å². The quantitative estimate of drug-likeness (QED) is 0.142. The second-order valence-corrected chi connectivity index (χ2v) is 10.9. The molecule has 0 radical (unpaired) electrons. The van der Waals surface area contributed by atoms with Crippen LogP contribution in [0.15, 0.2) is 125 Å². The Morgan fingerprint density at radius 3 is 2.43 bits per heavy atom. The number of hydrazone groups is 2. The van der Waals surface area contributed by atoms with Crippen LogP contribution < -0.4 is 15.2 Å². The third-order valence-corrected chi connectivity index (χ3v) is 7.78. The topological polar surface area (TPSA) is 79.2 Å². The van der Waals surface area contributed by atoms with Crippen molar-refractivity contribution in [3.63, 3.8) is 0 Å². The predicted octanol–water partition coefficient (Wildman–Crippen LogP) is 7.50. The summed E-state index contributed by atoms with van der Waals surface area (Å²) in [6.45, 7) is 0.497. The molecule has 1 aliphatic rings. The van der Waals surface area contributed by atoms with Crippen molar-refractivity contribution in [1.29, 1.82) is 0 Å². The van der Waals surface area contributed by atoms with E-state index in [-0.39, 0.29) is 11.7 Å². The third-order valence-electron chi connectivity index (χ3n) is 6.70. The highest BCUT2D eigenvalue weighted by Crippen LogP contribution is 2.38. The van der Waals surface area contributed by atoms with Crippen LogP contribution in [-0.2, 0) is 6.61 Å². The average Bonchev–Trinajstić information content (AvgIpc) is 3.70. The van der Waals surface area contributed by atoms with E-state index in [1.807, 2.05) is 114 Å². The number of carbonyl (C=O) groups is 1. The van der Waals surface area contributed by atoms with Crippen LogP contribution in [0.25, 0.3) is 0 Å². The number of anilines is 1. The molecule has 0 saturated heterocycles. The van der Waals surface area contributed by atoms with Gasteiger partial charge in [0.1, 0.15) is 18.1 Å². The molecule has 9 heteroatoms. The molecule has 1 atom stereocenters. The van der Waals surface area contributed by atoms with Crippen LogP contribution in [0.4, 0.5) is 5.13 Å². The average molecular weight is 592 g/mol. The molecule has 1 unspecified atom stereocenters. The Morgan fingerprint density at radius 1 is 0.976 bits per heavy atom. The number of thiazole rings is 1. The molecule has 0 fully saturated rings. The summed E-state index contributed by atoms with van der Waals surface area (Å²) in [4.78, 5) is 17.4. The lowest BCUT2D eigenvalue weighted by Gasteiger charge is -2.21. The van der Waals surface area contributed by atoms with Gasteiger partial charge in [0.05, 0.1) is 18.0 Å². The largest absolute Gasteiger partial charge is 0.489 e. The summed E-state index contributed by atoms with van der Waals surface area (Å²) in [5.41, 5.74) is 7.85. The molecule has 0 spiro atoms. The number of aromatic nitrogens is 1. The Kier molecular flexibility index (Phi) is 8.35. The summed E-state index contributed by atoms with van der Waals surface area (Å²) in [6.07, 6.45) is 2.28. The third kappa shape index (κ3) is 6.57. The number of nitrogens with zero attached hydrogens (tertiary/aromatic N) is 4. The second kappa shape index (κ2) is 12.8. The molecule has 1 N–H and O–H groups in total. The van der Waals surface area contributed by atoms with Crippen LogP contribution >= 0.6 is 22.9 Å². The van der Waals surface area contributed by atoms with Crippen LogP contribution in [0.3, 0.4) is 0 Å². The molecule has 4 aromatic carbocycles. The summed E-state index contributed by atoms with van der Waals surface area (Å²) in [7, 11) is 0. The highest BCUT2D eigenvalue weighted by Gasteiger charge is 2.32. The van der Waals surface area contributed by atoms with E-state index in [2.05, 4.69) is 15.5 Å². The number of carbonyl (C=O) groups excluding carboxylic acids is 1. The molecular weight excluding hydrogens is 566 g/mol. The zero-order valence-corrected chi connectivity index (χ0v) is 24.0. The molecule has 1 aliphatic heterocycles. The SMILES string of the molecule is O=C(N/N=C/c1ccc(OCc2ccccc2)cc1)c1csc(N2N=C(c3ccccc3)CC2c2ccc(Cl)cc2)n1. The van der Waals surface area contributed by atoms with E-state index in [1.165, 1.54) is 11.3 Å². The number of halogens is 1. The smallest absolute Gasteiger partial charge is 0.290 e. The summed E-state index contributed by atoms with van der Waals surface area (Å²) in [6, 6.07) is 35.2. The van der Waals surface area contributed by atoms with E-state index in [1.54, 1.807) is 11.6 Å². The van der Waals surface area contributed by atoms with Gasteiger partial charge in [-0.15, -0.1) is 11.3 Å². The molecule has 0 saturated carbocycles. The molecule has 208 valence electrons. The van der Waals surface area contributed by atoms with E-state index in [9.17, 15) is 4.79 Å². The van der Waals surface area contributed by atoms with Gasteiger partial charge in [-0.05, 0) is 58.7 Å². The fourth-order valence-corrected chi connectivity index (χ4v) is 5.45. The summed E-state index contributed by atoms with van der Waals surface area (Å²) in [5.74, 6) is 0.359. The van der Waals surface area contributed by atoms with Gasteiger partial charge in [-0.2, -0.15) is 10.2 Å². The van der Waals surface area contributed by atoms with Crippen LogP contribution in [0.2, 0.25) is 5.02 Å². The Labute approximate surface area is 252 Å². The Balaban J connectivity index is 1.11. The Hall–Kier alpha value is -4.79. The Bertz CT molecular complexity index is 1710. The van der Waals surface area contributed by atoms with Gasteiger partial charge in [0.15, 0.2) is 0 Å². The van der Waals surface area contributed by atoms with E-state index in [0.29, 0.717) is 23.2 Å². The molecular formula is C33H26ClN5O2S. The lowest BCUT2D eigenvalue weighted by molar-refractivity contribution is 0.0951. The molecule has 7 nitrogen and oxygen atoms in total. The number of amides is 1. The van der Waals surface area contributed by atoms with Gasteiger partial charge >= 0.3 is 0 Å². The fraction of sp³-hybridized carbons (Fsp3) is 0.0909. The van der Waals surface area contributed by atoms with Crippen molar-refractivity contribution in [3.8, 4) is 5.75 Å². The van der Waals surface area contributed by atoms with Crippen LogP contribution in [0.1, 0.15) is 45.2 Å². The van der Waals surface area contributed by atoms with Crippen molar-refractivity contribution in [2.24, 2.45) is 10.2 Å². The van der Waals surface area contributed by atoms with E-state index in [4.69, 9.17) is 21.4 Å². The Morgan fingerprint density at radius 2 is 1.69 bits per heavy atom. The number of benzene rings is 4. The van der Waals surface area contributed by atoms with Gasteiger partial charge < -0.3 is 4.74 Å². The number of nitrogens with one attached hydrogen (secondary N) is 1. The highest BCUT2D eigenvalue weighted by atomic mass is 35.5. The minimum atomic E-state index is -0.397. The van der Waals surface area contributed by atoms with Crippen molar-refractivity contribution in [1.82, 2.24) is 10.4 Å². The predicted molar refractivity (Wildman–Crippen MR) is 169 cm³/mol. The molecule has 42 heavy (non-hydrogen) atoms. The van der Waals surface area contributed by atoms with Crippen LogP contribution in [0.5, 0.6) is 5.75 Å². The number of ether oxygens (including phenoxy) is 1. The number of hydrogen-bond acceptors (Lipinski definition) is 7. The number of rotatable bonds is 9. The van der Waals surface area contributed by atoms with Gasteiger partial charge in [0.25, 0.3) is 5.91 Å². The van der Waals surface area contributed by atoms with E-state index in [0.717, 1.165) is 33.7 Å². The first-order valence-electron chi connectivity index (χ1n) is 13.4. The molecule has 2 heterocycles. The minimum Gasteiger partial charge on any atom is -0.489 e. The first kappa shape index (κ1) is 27.4. The van der Waals surface area contributed by atoms with E-state index < -0.39 is 5.91 Å². The zero-order chi connectivity index (χ0) is 28.7. The maximum absolute atomic E-state index is 12.8. The van der Waals surface area contributed by atoms with Crippen molar-refractivity contribution in [2.45, 2.75) is 19.1 Å². The van der Waals surface area contributed by atoms with Crippen molar-refractivity contribution in [2.75, 3.05) is 5.01 Å². The monoisotopic (exact) mass is 591 g/mol. The normalized spacial score (nSPS) is 14.6. The zero-order valence-electron chi connectivity index (χ0n) is 22.4. The minimum absolute atomic E-state index is 0.0720. The van der Waals surface area contributed by atoms with Gasteiger partial charge in [-0.25, -0.2) is 15.4 Å². The fourth-order valence-electron chi connectivity index (χ4n) is 4.52. The standard InChI is InChI=1S/C33H26ClN5O2S/c34-27-15-13-26(14-16-27)31-19-29(25-9-5-2-6-10-25)38-39(31)33-36-30(22-42-33)32(40)37-35-20-23-11-17-28(18-12-23)41-21-24-7-3-1-4-8-24/h1-18,20,22,31H,19,21H2,(H,37,40)/b35-20+. The molecule has 5 aromatic rings. The van der Waals surface area contributed by atoms with Crippen LogP contribution in [0, 0.1) is 0 Å². The lowest BCUT2D eigenvalue weighted by atomic mass is 9.99. The van der Waals surface area contributed by atoms with Crippen LogP contribution in [-0.4, -0.2) is 22.8 Å². The van der Waals surface area contributed by atoms with Gasteiger partial charge in [-0.1, -0.05) is 84.4 Å². The molecule has 1 amide bonds. The first-order chi connectivity index (χ1) is 20.6. The first-order valence-corrected chi connectivity index (χ1v) is 14.6. The van der Waals surface area contributed by atoms with Crippen molar-refractivity contribution in [3.05, 3.63) is 148 Å². The van der Waals surface area contributed by atoms with Crippen molar-refractivity contribution >= 4 is 45.9 Å². The second-order valence-electron chi connectivity index (χ2n) is 9.59. The van der Waals surface area contributed by atoms with Gasteiger partial charge in [0, 0.05) is 16.8 Å². The lowest BCUT2D eigenvalue weighted by Crippen LogP contribution is -2.20. The van der Waals surface area contributed by atoms with Gasteiger partial charge in [-0.3, -0.25) is 4.79 Å². The maximum Gasteiger partial charge on any atom is 0.290 e. The van der Waals surface area contributed by atoms with E-state index >= 15 is 0 Å².